The molecule has 3 rings (SSSR count). The molecule has 0 amide bonds. The number of aliphatic hydroxyl groups excluding tert-OH is 1. The molecule has 26 heavy (non-hydrogen) atoms. The number of likely N-dealkylation sites (tertiary alicyclic amines) is 1. The van der Waals surface area contributed by atoms with Crippen molar-refractivity contribution in [3.63, 3.8) is 0 Å². The summed E-state index contributed by atoms with van der Waals surface area (Å²) in [6.45, 7) is 15.0. The molecule has 2 aromatic rings. The Balaban J connectivity index is 1.98. The van der Waals surface area contributed by atoms with Crippen LogP contribution in [0.25, 0.3) is 11.3 Å². The van der Waals surface area contributed by atoms with Gasteiger partial charge in [0.2, 0.25) is 0 Å². The number of β-amino-alcohol motifs (C(OH)–C–C–N with tert-alkyl or cyclic N) is 1. The van der Waals surface area contributed by atoms with Gasteiger partial charge >= 0.3 is 0 Å². The first-order valence-electron chi connectivity index (χ1n) is 9.18. The van der Waals surface area contributed by atoms with E-state index in [1.165, 1.54) is 0 Å². The summed E-state index contributed by atoms with van der Waals surface area (Å²) < 4.78 is 0. The van der Waals surface area contributed by atoms with Gasteiger partial charge in [-0.2, -0.15) is 0 Å². The van der Waals surface area contributed by atoms with Crippen molar-refractivity contribution in [2.24, 2.45) is 0 Å². The molecule has 0 spiro atoms. The van der Waals surface area contributed by atoms with Crippen molar-refractivity contribution in [1.82, 2.24) is 9.88 Å². The Morgan fingerprint density at radius 1 is 1.08 bits per heavy atom. The summed E-state index contributed by atoms with van der Waals surface area (Å²) in [5, 5.41) is 23.5. The van der Waals surface area contributed by atoms with E-state index in [1.54, 1.807) is 11.3 Å². The van der Waals surface area contributed by atoms with Gasteiger partial charge in [0.25, 0.3) is 0 Å². The molecule has 142 valence electrons. The van der Waals surface area contributed by atoms with Gasteiger partial charge in [-0.1, -0.05) is 41.5 Å². The molecule has 1 aliphatic heterocycles. The maximum absolute atomic E-state index is 10.9. The summed E-state index contributed by atoms with van der Waals surface area (Å²) in [6, 6.07) is 4.16. The molecule has 0 radical (unpaired) electrons. The summed E-state index contributed by atoms with van der Waals surface area (Å²) in [5.74, 6) is 0.402. The molecule has 1 aromatic carbocycles. The molecule has 2 heterocycles. The number of benzene rings is 1. The maximum atomic E-state index is 10.9. The van der Waals surface area contributed by atoms with Gasteiger partial charge in [-0.05, 0) is 23.0 Å². The molecule has 1 saturated heterocycles. The second-order valence-electron chi connectivity index (χ2n) is 9.39. The summed E-state index contributed by atoms with van der Waals surface area (Å²) in [5.41, 5.74) is 3.64. The van der Waals surface area contributed by atoms with Crippen LogP contribution in [0.4, 0.5) is 0 Å². The Hall–Kier alpha value is -1.43. The molecule has 0 atom stereocenters. The fraction of sp³-hybridized carbons (Fsp3) is 0.571. The summed E-state index contributed by atoms with van der Waals surface area (Å²) in [4.78, 5) is 7.02. The van der Waals surface area contributed by atoms with E-state index in [-0.39, 0.29) is 16.9 Å². The minimum Gasteiger partial charge on any atom is -0.507 e. The Morgan fingerprint density at radius 2 is 1.62 bits per heavy atom. The van der Waals surface area contributed by atoms with Crippen molar-refractivity contribution in [2.75, 3.05) is 13.1 Å². The largest absolute Gasteiger partial charge is 0.507 e. The third-order valence-electron chi connectivity index (χ3n) is 4.87. The molecule has 0 aliphatic carbocycles. The van der Waals surface area contributed by atoms with E-state index in [9.17, 15) is 10.2 Å². The molecule has 1 aliphatic rings. The number of aromatic hydroxyl groups is 1. The molecular formula is C21H30N2O2S. The smallest absolute Gasteiger partial charge is 0.123 e. The average molecular weight is 375 g/mol. The second kappa shape index (κ2) is 6.63. The lowest BCUT2D eigenvalue weighted by Gasteiger charge is -2.34. The molecule has 0 bridgehead atoms. The molecule has 0 unspecified atom stereocenters. The highest BCUT2D eigenvalue weighted by molar-refractivity contribution is 7.09. The first-order chi connectivity index (χ1) is 11.9. The molecule has 5 heteroatoms. The monoisotopic (exact) mass is 374 g/mol. The number of nitrogens with zero attached hydrogens (tertiary/aromatic N) is 2. The van der Waals surface area contributed by atoms with Gasteiger partial charge in [0.05, 0.1) is 18.3 Å². The van der Waals surface area contributed by atoms with Crippen LogP contribution in [0.2, 0.25) is 0 Å². The Kier molecular flexibility index (Phi) is 4.93. The third kappa shape index (κ3) is 3.95. The zero-order valence-electron chi connectivity index (χ0n) is 16.6. The van der Waals surface area contributed by atoms with Gasteiger partial charge in [-0.15, -0.1) is 11.3 Å². The van der Waals surface area contributed by atoms with E-state index in [0.29, 0.717) is 5.75 Å². The van der Waals surface area contributed by atoms with Crippen LogP contribution in [0.5, 0.6) is 5.75 Å². The van der Waals surface area contributed by atoms with Crippen LogP contribution in [-0.2, 0) is 17.4 Å². The fourth-order valence-electron chi connectivity index (χ4n) is 3.30. The number of rotatable bonds is 3. The minimum absolute atomic E-state index is 0.146. The van der Waals surface area contributed by atoms with E-state index >= 15 is 0 Å². The van der Waals surface area contributed by atoms with Crippen molar-refractivity contribution < 1.29 is 10.2 Å². The number of thiazole rings is 1. The topological polar surface area (TPSA) is 56.6 Å². The highest BCUT2D eigenvalue weighted by Crippen LogP contribution is 2.42. The summed E-state index contributed by atoms with van der Waals surface area (Å²) >= 11 is 1.66. The lowest BCUT2D eigenvalue weighted by molar-refractivity contribution is -0.00287. The first kappa shape index (κ1) is 19.3. The predicted octanol–water partition coefficient (Wildman–Crippen LogP) is 4.29. The van der Waals surface area contributed by atoms with Crippen molar-refractivity contribution in [2.45, 2.75) is 65.0 Å². The molecule has 1 fully saturated rings. The van der Waals surface area contributed by atoms with Gasteiger partial charge in [-0.25, -0.2) is 4.98 Å². The summed E-state index contributed by atoms with van der Waals surface area (Å²) in [6.07, 6.45) is -0.185. The molecular weight excluding hydrogens is 344 g/mol. The number of phenols is 1. The van der Waals surface area contributed by atoms with Crippen LogP contribution in [0.15, 0.2) is 17.5 Å². The van der Waals surface area contributed by atoms with Crippen molar-refractivity contribution in [1.29, 1.82) is 0 Å². The fourth-order valence-corrected chi connectivity index (χ4v) is 4.15. The van der Waals surface area contributed by atoms with E-state index < -0.39 is 0 Å². The van der Waals surface area contributed by atoms with Gasteiger partial charge < -0.3 is 10.2 Å². The number of aliphatic hydroxyl groups is 1. The van der Waals surface area contributed by atoms with Crippen LogP contribution in [-0.4, -0.2) is 39.3 Å². The normalized spacial score (nSPS) is 16.7. The molecule has 2 N–H and O–H groups in total. The van der Waals surface area contributed by atoms with Gasteiger partial charge in [0.15, 0.2) is 0 Å². The Labute approximate surface area is 160 Å². The van der Waals surface area contributed by atoms with Gasteiger partial charge in [0, 0.05) is 35.2 Å². The quantitative estimate of drug-likeness (QED) is 0.842. The van der Waals surface area contributed by atoms with E-state index in [2.05, 4.69) is 64.0 Å². The molecule has 1 aromatic heterocycles. The summed E-state index contributed by atoms with van der Waals surface area (Å²) in [7, 11) is 0. The minimum atomic E-state index is -0.185. The lowest BCUT2D eigenvalue weighted by Crippen LogP contribution is -2.49. The number of hydrogen-bond donors (Lipinski definition) is 2. The van der Waals surface area contributed by atoms with Crippen LogP contribution in [0.3, 0.4) is 0 Å². The Morgan fingerprint density at radius 3 is 2.08 bits per heavy atom. The predicted molar refractivity (Wildman–Crippen MR) is 108 cm³/mol. The SMILES string of the molecule is CC(C)(C)c1cc(-c2csc(CN3CC(O)C3)n2)cc(C(C)(C)C)c1O. The zero-order chi connectivity index (χ0) is 19.3. The van der Waals surface area contributed by atoms with Crippen LogP contribution >= 0.6 is 11.3 Å². The van der Waals surface area contributed by atoms with E-state index in [4.69, 9.17) is 4.98 Å². The van der Waals surface area contributed by atoms with Gasteiger partial charge in [0.1, 0.15) is 10.8 Å². The number of aromatic nitrogens is 1. The van der Waals surface area contributed by atoms with E-state index in [1.807, 2.05) is 0 Å². The first-order valence-corrected chi connectivity index (χ1v) is 10.1. The zero-order valence-corrected chi connectivity index (χ0v) is 17.4. The number of hydrogen-bond acceptors (Lipinski definition) is 5. The van der Waals surface area contributed by atoms with E-state index in [0.717, 1.165) is 47.0 Å². The highest BCUT2D eigenvalue weighted by atomic mass is 32.1. The lowest BCUT2D eigenvalue weighted by atomic mass is 9.78. The van der Waals surface area contributed by atoms with Crippen molar-refractivity contribution >= 4 is 11.3 Å². The second-order valence-corrected chi connectivity index (χ2v) is 10.3. The molecule has 0 saturated carbocycles. The molecule has 4 nitrogen and oxygen atoms in total. The standard InChI is InChI=1S/C21H30N2O2S/c1-20(2,3)15-7-13(8-16(19(15)25)21(4,5)6)17-12-26-18(22-17)11-23-9-14(24)10-23/h7-8,12,14,24-25H,9-11H2,1-6H3. The van der Waals surface area contributed by atoms with Crippen LogP contribution < -0.4 is 0 Å². The highest BCUT2D eigenvalue weighted by Gasteiger charge is 2.28. The van der Waals surface area contributed by atoms with Crippen LogP contribution in [0, 0.1) is 0 Å². The van der Waals surface area contributed by atoms with Gasteiger partial charge in [-0.3, -0.25) is 4.90 Å². The third-order valence-corrected chi connectivity index (χ3v) is 5.70. The van der Waals surface area contributed by atoms with Crippen molar-refractivity contribution in [3.8, 4) is 17.0 Å². The van der Waals surface area contributed by atoms with Crippen LogP contribution in [0.1, 0.15) is 57.7 Å². The Bertz CT molecular complexity index is 758. The number of phenolic OH excluding ortho intramolecular Hbond substituents is 1. The average Bonchev–Trinajstić information content (AvgIpc) is 2.92. The van der Waals surface area contributed by atoms with Crippen molar-refractivity contribution in [3.05, 3.63) is 33.6 Å². The maximum Gasteiger partial charge on any atom is 0.123 e.